The van der Waals surface area contributed by atoms with Crippen molar-refractivity contribution in [2.24, 2.45) is 10.7 Å². The summed E-state index contributed by atoms with van der Waals surface area (Å²) in [4.78, 5) is 8.53. The number of guanidine groups is 1. The quantitative estimate of drug-likeness (QED) is 0.532. The van der Waals surface area contributed by atoms with Crippen LogP contribution >= 0.6 is 0 Å². The van der Waals surface area contributed by atoms with Crippen LogP contribution in [0.4, 0.5) is 5.69 Å². The Kier molecular flexibility index (Phi) is 5.43. The largest absolute Gasteiger partial charge is 0.439 e. The summed E-state index contributed by atoms with van der Waals surface area (Å²) in [6.45, 7) is 0.759. The first-order chi connectivity index (χ1) is 12.3. The second-order valence-corrected chi connectivity index (χ2v) is 5.40. The van der Waals surface area contributed by atoms with Crippen molar-refractivity contribution in [3.05, 3.63) is 72.2 Å². The number of nitrogens with one attached hydrogen (secondary N) is 1. The molecular weight excluding hydrogens is 316 g/mol. The Balaban J connectivity index is 1.65. The van der Waals surface area contributed by atoms with Crippen LogP contribution in [0.5, 0.6) is 0 Å². The Hall–Kier alpha value is -3.12. The number of rotatable bonds is 6. The third-order valence-corrected chi connectivity index (χ3v) is 3.58. The van der Waals surface area contributed by atoms with E-state index in [9.17, 15) is 0 Å². The maximum atomic E-state index is 5.97. The van der Waals surface area contributed by atoms with Crippen molar-refractivity contribution in [1.82, 2.24) is 4.98 Å². The van der Waals surface area contributed by atoms with E-state index in [2.05, 4.69) is 15.3 Å². The van der Waals surface area contributed by atoms with Gasteiger partial charge >= 0.3 is 0 Å². The summed E-state index contributed by atoms with van der Waals surface area (Å²) >= 11 is 0. The molecule has 0 saturated heterocycles. The fourth-order valence-corrected chi connectivity index (χ4v) is 2.37. The van der Waals surface area contributed by atoms with Crippen molar-refractivity contribution in [2.45, 2.75) is 13.2 Å². The van der Waals surface area contributed by atoms with Crippen LogP contribution in [0, 0.1) is 0 Å². The van der Waals surface area contributed by atoms with E-state index in [4.69, 9.17) is 14.9 Å². The Bertz CT molecular complexity index is 843. The van der Waals surface area contributed by atoms with Crippen molar-refractivity contribution in [3.63, 3.8) is 0 Å². The van der Waals surface area contributed by atoms with Crippen LogP contribution in [0.25, 0.3) is 11.3 Å². The normalized spacial score (nSPS) is 11.5. The molecule has 128 valence electrons. The molecule has 2 aromatic carbocycles. The number of oxazole rings is 1. The zero-order chi connectivity index (χ0) is 17.5. The number of benzene rings is 2. The Morgan fingerprint density at radius 2 is 1.92 bits per heavy atom. The van der Waals surface area contributed by atoms with Crippen molar-refractivity contribution in [2.75, 3.05) is 12.4 Å². The Labute approximate surface area is 146 Å². The second-order valence-electron chi connectivity index (χ2n) is 5.40. The molecule has 0 saturated carbocycles. The summed E-state index contributed by atoms with van der Waals surface area (Å²) in [5.74, 6) is 1.51. The molecule has 3 rings (SSSR count). The summed E-state index contributed by atoms with van der Waals surface area (Å²) in [6.07, 6.45) is 1.69. The number of anilines is 1. The highest BCUT2D eigenvalue weighted by atomic mass is 16.5. The molecule has 0 aliphatic carbocycles. The second kappa shape index (κ2) is 8.12. The van der Waals surface area contributed by atoms with Gasteiger partial charge in [0.1, 0.15) is 6.54 Å². The lowest BCUT2D eigenvalue weighted by atomic mass is 10.2. The van der Waals surface area contributed by atoms with Crippen molar-refractivity contribution < 1.29 is 9.15 Å². The minimum absolute atomic E-state index is 0.262. The van der Waals surface area contributed by atoms with Gasteiger partial charge in [0.15, 0.2) is 11.7 Å². The molecule has 0 fully saturated rings. The maximum absolute atomic E-state index is 5.97. The van der Waals surface area contributed by atoms with Gasteiger partial charge in [-0.2, -0.15) is 0 Å². The van der Waals surface area contributed by atoms with Crippen LogP contribution in [-0.2, 0) is 17.9 Å². The zero-order valence-corrected chi connectivity index (χ0v) is 14.0. The molecule has 6 nitrogen and oxygen atoms in total. The SMILES string of the molecule is COCc1ccccc1NC(N)=NCc1ncc(-c2ccccc2)o1. The summed E-state index contributed by atoms with van der Waals surface area (Å²) < 4.78 is 10.9. The topological polar surface area (TPSA) is 85.7 Å². The van der Waals surface area contributed by atoms with Crippen LogP contribution < -0.4 is 11.1 Å². The Morgan fingerprint density at radius 3 is 2.72 bits per heavy atom. The summed E-state index contributed by atoms with van der Waals surface area (Å²) in [5.41, 5.74) is 8.81. The number of para-hydroxylation sites is 1. The van der Waals surface area contributed by atoms with Crippen LogP contribution in [0.2, 0.25) is 0 Å². The number of nitrogens with two attached hydrogens (primary N) is 1. The summed E-state index contributed by atoms with van der Waals surface area (Å²) in [5, 5.41) is 3.08. The third-order valence-electron chi connectivity index (χ3n) is 3.58. The number of methoxy groups -OCH3 is 1. The Morgan fingerprint density at radius 1 is 1.16 bits per heavy atom. The van der Waals surface area contributed by atoms with Gasteiger partial charge in [-0.15, -0.1) is 0 Å². The number of nitrogens with zero attached hydrogens (tertiary/aromatic N) is 2. The highest BCUT2D eigenvalue weighted by Crippen LogP contribution is 2.20. The van der Waals surface area contributed by atoms with Gasteiger partial charge < -0.3 is 20.2 Å². The smallest absolute Gasteiger partial charge is 0.216 e. The van der Waals surface area contributed by atoms with Crippen molar-refractivity contribution in [1.29, 1.82) is 0 Å². The van der Waals surface area contributed by atoms with Gasteiger partial charge in [0.2, 0.25) is 5.89 Å². The molecule has 0 spiro atoms. The molecule has 25 heavy (non-hydrogen) atoms. The first-order valence-electron chi connectivity index (χ1n) is 7.90. The van der Waals surface area contributed by atoms with E-state index in [1.54, 1.807) is 13.3 Å². The average Bonchev–Trinajstić information content (AvgIpc) is 3.12. The number of ether oxygens (including phenoxy) is 1. The van der Waals surface area contributed by atoms with Gasteiger partial charge in [-0.25, -0.2) is 9.98 Å². The monoisotopic (exact) mass is 336 g/mol. The molecule has 1 aromatic heterocycles. The molecule has 6 heteroatoms. The van der Waals surface area contributed by atoms with E-state index < -0.39 is 0 Å². The van der Waals surface area contributed by atoms with E-state index in [-0.39, 0.29) is 6.54 Å². The highest BCUT2D eigenvalue weighted by molar-refractivity contribution is 5.92. The van der Waals surface area contributed by atoms with Gasteiger partial charge in [0.05, 0.1) is 12.8 Å². The fourth-order valence-electron chi connectivity index (χ4n) is 2.37. The number of aromatic nitrogens is 1. The standard InChI is InChI=1S/C19H20N4O2/c1-24-13-15-9-5-6-10-16(15)23-19(20)22-12-18-21-11-17(25-18)14-7-3-2-4-8-14/h2-11H,12-13H2,1H3,(H3,20,22,23). The molecule has 0 amide bonds. The first-order valence-corrected chi connectivity index (χ1v) is 7.90. The number of hydrogen-bond acceptors (Lipinski definition) is 4. The summed E-state index contributed by atoms with van der Waals surface area (Å²) in [6, 6.07) is 17.6. The molecule has 0 unspecified atom stereocenters. The molecule has 1 heterocycles. The van der Waals surface area contributed by atoms with E-state index >= 15 is 0 Å². The minimum atomic E-state index is 0.262. The first kappa shape index (κ1) is 16.7. The van der Waals surface area contributed by atoms with Crippen molar-refractivity contribution >= 4 is 11.6 Å². The lowest BCUT2D eigenvalue weighted by Crippen LogP contribution is -2.23. The lowest BCUT2D eigenvalue weighted by molar-refractivity contribution is 0.185. The predicted octanol–water partition coefficient (Wildman–Crippen LogP) is 3.41. The van der Waals surface area contributed by atoms with Crippen LogP contribution in [0.15, 0.2) is 70.2 Å². The van der Waals surface area contributed by atoms with Crippen LogP contribution in [-0.4, -0.2) is 18.1 Å². The van der Waals surface area contributed by atoms with E-state index in [0.29, 0.717) is 24.2 Å². The van der Waals surface area contributed by atoms with Gasteiger partial charge in [0.25, 0.3) is 0 Å². The summed E-state index contributed by atoms with van der Waals surface area (Å²) in [7, 11) is 1.65. The molecule has 3 aromatic rings. The van der Waals surface area contributed by atoms with E-state index in [1.165, 1.54) is 0 Å². The molecule has 0 atom stereocenters. The number of aliphatic imine (C=N–C) groups is 1. The van der Waals surface area contributed by atoms with Gasteiger partial charge in [-0.1, -0.05) is 48.5 Å². The molecule has 0 radical (unpaired) electrons. The van der Waals surface area contributed by atoms with E-state index in [1.807, 2.05) is 54.6 Å². The van der Waals surface area contributed by atoms with Crippen LogP contribution in [0.1, 0.15) is 11.5 Å². The van der Waals surface area contributed by atoms with E-state index in [0.717, 1.165) is 16.8 Å². The zero-order valence-electron chi connectivity index (χ0n) is 14.0. The molecule has 0 aliphatic heterocycles. The van der Waals surface area contributed by atoms with Gasteiger partial charge in [-0.3, -0.25) is 0 Å². The lowest BCUT2D eigenvalue weighted by Gasteiger charge is -2.10. The van der Waals surface area contributed by atoms with Crippen LogP contribution in [0.3, 0.4) is 0 Å². The average molecular weight is 336 g/mol. The third kappa shape index (κ3) is 4.45. The molecular formula is C19H20N4O2. The molecule has 0 aliphatic rings. The fraction of sp³-hybridized carbons (Fsp3) is 0.158. The predicted molar refractivity (Wildman–Crippen MR) is 98.0 cm³/mol. The maximum Gasteiger partial charge on any atom is 0.216 e. The van der Waals surface area contributed by atoms with Crippen molar-refractivity contribution in [3.8, 4) is 11.3 Å². The molecule has 3 N–H and O–H groups in total. The highest BCUT2D eigenvalue weighted by Gasteiger charge is 2.06. The van der Waals surface area contributed by atoms with Gasteiger partial charge in [-0.05, 0) is 6.07 Å². The molecule has 0 bridgehead atoms. The number of hydrogen-bond donors (Lipinski definition) is 2. The minimum Gasteiger partial charge on any atom is -0.439 e. The van der Waals surface area contributed by atoms with Gasteiger partial charge in [0, 0.05) is 23.9 Å².